The predicted molar refractivity (Wildman–Crippen MR) is 89.8 cm³/mol. The highest BCUT2D eigenvalue weighted by Gasteiger charge is 2.06. The van der Waals surface area contributed by atoms with Crippen LogP contribution < -0.4 is 0 Å². The van der Waals surface area contributed by atoms with E-state index >= 15 is 0 Å². The van der Waals surface area contributed by atoms with Gasteiger partial charge in [0.2, 0.25) is 0 Å². The van der Waals surface area contributed by atoms with Gasteiger partial charge in [0.05, 0.1) is 0 Å². The van der Waals surface area contributed by atoms with Crippen LogP contribution in [0.1, 0.15) is 12.5 Å². The number of hydrogen-bond acceptors (Lipinski definition) is 1. The molecule has 0 atom stereocenters. The van der Waals surface area contributed by atoms with E-state index in [1.54, 1.807) is 0 Å². The molecule has 0 saturated carbocycles. The summed E-state index contributed by atoms with van der Waals surface area (Å²) in [7, 11) is 0. The monoisotopic (exact) mass is 271 g/mol. The van der Waals surface area contributed by atoms with Crippen molar-refractivity contribution in [3.63, 3.8) is 0 Å². The minimum atomic E-state index is 0.588. The van der Waals surface area contributed by atoms with Gasteiger partial charge in [0.1, 0.15) is 0 Å². The van der Waals surface area contributed by atoms with Gasteiger partial charge in [-0.05, 0) is 52.9 Å². The highest BCUT2D eigenvalue weighted by molar-refractivity contribution is 5.98. The Kier molecular flexibility index (Phi) is 3.65. The second kappa shape index (κ2) is 5.76. The van der Waals surface area contributed by atoms with Crippen LogP contribution in [0, 0.1) is 5.41 Å². The first-order valence-electron chi connectivity index (χ1n) is 7.05. The molecule has 0 spiro atoms. The average Bonchev–Trinajstić information content (AvgIpc) is 2.56. The van der Waals surface area contributed by atoms with Crippen LogP contribution in [0.3, 0.4) is 0 Å². The van der Waals surface area contributed by atoms with E-state index in [9.17, 15) is 0 Å². The summed E-state index contributed by atoms with van der Waals surface area (Å²) < 4.78 is 0. The molecule has 0 aliphatic rings. The Bertz CT molecular complexity index is 701. The van der Waals surface area contributed by atoms with Crippen molar-refractivity contribution in [2.24, 2.45) is 0 Å². The molecular formula is C20H17N. The standard InChI is InChI=1S/C20H17N/c1-15(21)18-12-19(16-8-4-2-5-9-16)14-20(13-18)17-10-6-3-7-11-17/h2-14,21H,1H3. The molecule has 3 rings (SSSR count). The molecule has 1 heteroatoms. The number of nitrogens with one attached hydrogen (secondary N) is 1. The molecule has 1 N–H and O–H groups in total. The zero-order valence-electron chi connectivity index (χ0n) is 12.0. The molecule has 3 aromatic carbocycles. The van der Waals surface area contributed by atoms with E-state index in [-0.39, 0.29) is 0 Å². The average molecular weight is 271 g/mol. The van der Waals surface area contributed by atoms with Crippen molar-refractivity contribution < 1.29 is 0 Å². The quantitative estimate of drug-likeness (QED) is 0.616. The molecule has 21 heavy (non-hydrogen) atoms. The maximum Gasteiger partial charge on any atom is 0.0355 e. The third kappa shape index (κ3) is 2.92. The van der Waals surface area contributed by atoms with Gasteiger partial charge in [0.15, 0.2) is 0 Å². The van der Waals surface area contributed by atoms with Gasteiger partial charge in [-0.15, -0.1) is 0 Å². The largest absolute Gasteiger partial charge is 0.305 e. The fourth-order valence-corrected chi connectivity index (χ4v) is 2.44. The fourth-order valence-electron chi connectivity index (χ4n) is 2.44. The highest BCUT2D eigenvalue weighted by atomic mass is 14.4. The van der Waals surface area contributed by atoms with E-state index < -0.39 is 0 Å². The van der Waals surface area contributed by atoms with E-state index in [1.807, 2.05) is 43.3 Å². The Morgan fingerprint density at radius 2 is 1.05 bits per heavy atom. The molecule has 0 heterocycles. The van der Waals surface area contributed by atoms with Crippen LogP contribution in [0.4, 0.5) is 0 Å². The molecule has 0 amide bonds. The fraction of sp³-hybridized carbons (Fsp3) is 0.0500. The van der Waals surface area contributed by atoms with E-state index in [0.717, 1.165) is 16.7 Å². The maximum atomic E-state index is 7.95. The molecule has 1 nitrogen and oxygen atoms in total. The summed E-state index contributed by atoms with van der Waals surface area (Å²) >= 11 is 0. The molecule has 0 aromatic heterocycles. The lowest BCUT2D eigenvalue weighted by Gasteiger charge is -2.10. The Balaban J connectivity index is 2.18. The first-order chi connectivity index (χ1) is 10.2. The van der Waals surface area contributed by atoms with Crippen molar-refractivity contribution in [1.29, 1.82) is 5.41 Å². The van der Waals surface area contributed by atoms with E-state index in [2.05, 4.69) is 42.5 Å². The third-order valence-electron chi connectivity index (χ3n) is 3.58. The molecule has 0 aliphatic carbocycles. The van der Waals surface area contributed by atoms with E-state index in [1.165, 1.54) is 11.1 Å². The van der Waals surface area contributed by atoms with Crippen LogP contribution in [0.5, 0.6) is 0 Å². The van der Waals surface area contributed by atoms with Crippen LogP contribution in [0.2, 0.25) is 0 Å². The van der Waals surface area contributed by atoms with Gasteiger partial charge in [-0.2, -0.15) is 0 Å². The van der Waals surface area contributed by atoms with Gasteiger partial charge in [0, 0.05) is 5.71 Å². The molecule has 0 fully saturated rings. The minimum Gasteiger partial charge on any atom is -0.305 e. The Morgan fingerprint density at radius 3 is 1.43 bits per heavy atom. The highest BCUT2D eigenvalue weighted by Crippen LogP contribution is 2.28. The second-order valence-corrected chi connectivity index (χ2v) is 5.16. The zero-order chi connectivity index (χ0) is 14.7. The molecule has 0 aliphatic heterocycles. The lowest BCUT2D eigenvalue weighted by atomic mass is 9.95. The summed E-state index contributed by atoms with van der Waals surface area (Å²) in [5.74, 6) is 0. The first-order valence-corrected chi connectivity index (χ1v) is 7.05. The molecule has 0 bridgehead atoms. The smallest absolute Gasteiger partial charge is 0.0355 e. The molecule has 0 saturated heterocycles. The van der Waals surface area contributed by atoms with Crippen LogP contribution in [-0.4, -0.2) is 5.71 Å². The van der Waals surface area contributed by atoms with Crippen molar-refractivity contribution in [3.8, 4) is 22.3 Å². The summed E-state index contributed by atoms with van der Waals surface area (Å²) in [6, 6.07) is 27.0. The number of benzene rings is 3. The van der Waals surface area contributed by atoms with Crippen LogP contribution in [0.25, 0.3) is 22.3 Å². The Morgan fingerprint density at radius 1 is 0.619 bits per heavy atom. The first kappa shape index (κ1) is 13.3. The Labute approximate surface area is 125 Å². The van der Waals surface area contributed by atoms with Crippen LogP contribution in [0.15, 0.2) is 78.9 Å². The van der Waals surface area contributed by atoms with Crippen LogP contribution in [-0.2, 0) is 0 Å². The maximum absolute atomic E-state index is 7.95. The third-order valence-corrected chi connectivity index (χ3v) is 3.58. The summed E-state index contributed by atoms with van der Waals surface area (Å²) in [5.41, 5.74) is 6.22. The van der Waals surface area contributed by atoms with Crippen molar-refractivity contribution in [2.75, 3.05) is 0 Å². The van der Waals surface area contributed by atoms with E-state index in [0.29, 0.717) is 5.71 Å². The molecule has 3 aromatic rings. The lowest BCUT2D eigenvalue weighted by molar-refractivity contribution is 1.45. The lowest BCUT2D eigenvalue weighted by Crippen LogP contribution is -1.94. The second-order valence-electron chi connectivity index (χ2n) is 5.16. The van der Waals surface area contributed by atoms with Gasteiger partial charge in [-0.25, -0.2) is 0 Å². The van der Waals surface area contributed by atoms with Crippen molar-refractivity contribution >= 4 is 5.71 Å². The molecule has 0 radical (unpaired) electrons. The minimum absolute atomic E-state index is 0.588. The summed E-state index contributed by atoms with van der Waals surface area (Å²) in [4.78, 5) is 0. The summed E-state index contributed by atoms with van der Waals surface area (Å²) in [6.07, 6.45) is 0. The van der Waals surface area contributed by atoms with Gasteiger partial charge >= 0.3 is 0 Å². The normalized spacial score (nSPS) is 10.3. The number of hydrogen-bond donors (Lipinski definition) is 1. The Hall–Kier alpha value is -2.67. The van der Waals surface area contributed by atoms with Crippen LogP contribution >= 0.6 is 0 Å². The van der Waals surface area contributed by atoms with Gasteiger partial charge in [-0.1, -0.05) is 60.7 Å². The van der Waals surface area contributed by atoms with Crippen molar-refractivity contribution in [3.05, 3.63) is 84.4 Å². The van der Waals surface area contributed by atoms with Gasteiger partial charge < -0.3 is 5.41 Å². The van der Waals surface area contributed by atoms with E-state index in [4.69, 9.17) is 5.41 Å². The molecule has 102 valence electrons. The van der Waals surface area contributed by atoms with Gasteiger partial charge in [-0.3, -0.25) is 0 Å². The summed E-state index contributed by atoms with van der Waals surface area (Å²) in [6.45, 7) is 1.83. The SMILES string of the molecule is CC(=N)c1cc(-c2ccccc2)cc(-c2ccccc2)c1. The zero-order valence-corrected chi connectivity index (χ0v) is 12.0. The van der Waals surface area contributed by atoms with Crippen molar-refractivity contribution in [2.45, 2.75) is 6.92 Å². The molecular weight excluding hydrogens is 254 g/mol. The van der Waals surface area contributed by atoms with Gasteiger partial charge in [0.25, 0.3) is 0 Å². The predicted octanol–water partition coefficient (Wildman–Crippen LogP) is 5.41. The number of rotatable bonds is 3. The molecule has 0 unspecified atom stereocenters. The van der Waals surface area contributed by atoms with Crippen molar-refractivity contribution in [1.82, 2.24) is 0 Å². The topological polar surface area (TPSA) is 23.9 Å². The summed E-state index contributed by atoms with van der Waals surface area (Å²) in [5, 5.41) is 7.95.